The van der Waals surface area contributed by atoms with Gasteiger partial charge in [-0.05, 0) is 35.4 Å². The van der Waals surface area contributed by atoms with Gasteiger partial charge < -0.3 is 4.90 Å². The molecule has 0 fully saturated rings. The lowest BCUT2D eigenvalue weighted by atomic mass is 10.0. The number of hydrogen-bond donors (Lipinski definition) is 0. The molecule has 2 heterocycles. The molecular weight excluding hydrogens is 345 g/mol. The Kier molecular flexibility index (Phi) is 4.59. The highest BCUT2D eigenvalue weighted by Gasteiger charge is 2.21. The molecule has 0 aliphatic carbocycles. The van der Waals surface area contributed by atoms with Crippen LogP contribution in [0.4, 0.5) is 10.1 Å². The molecule has 5 heteroatoms. The third kappa shape index (κ3) is 3.29. The smallest absolute Gasteiger partial charge is 0.123 e. The summed E-state index contributed by atoms with van der Waals surface area (Å²) < 4.78 is 13.5. The zero-order chi connectivity index (χ0) is 17.9. The Morgan fingerprint density at radius 3 is 2.77 bits per heavy atom. The normalized spacial score (nSPS) is 13.2. The van der Waals surface area contributed by atoms with Crippen molar-refractivity contribution in [3.8, 4) is 17.2 Å². The second-order valence-corrected chi connectivity index (χ2v) is 7.23. The molecule has 0 unspecified atom stereocenters. The monoisotopic (exact) mass is 361 g/mol. The highest BCUT2D eigenvalue weighted by atomic mass is 32.2. The Labute approximate surface area is 156 Å². The standard InChI is InChI=1S/C21H16FN3S/c22-18-3-1-2-16(10-18)14-25-8-9-26-21-19(12-24-13-20(21)25)17-6-4-15(11-23)5-7-17/h1-7,10,12-13H,8-9,14H2. The zero-order valence-corrected chi connectivity index (χ0v) is 14.8. The first-order valence-corrected chi connectivity index (χ1v) is 9.34. The first-order chi connectivity index (χ1) is 12.7. The number of thioether (sulfide) groups is 1. The van der Waals surface area contributed by atoms with Crippen molar-refractivity contribution in [2.24, 2.45) is 0 Å². The van der Waals surface area contributed by atoms with E-state index in [2.05, 4.69) is 16.0 Å². The molecule has 0 atom stereocenters. The van der Waals surface area contributed by atoms with E-state index in [1.165, 1.54) is 11.0 Å². The third-order valence-corrected chi connectivity index (χ3v) is 5.52. The minimum atomic E-state index is -0.210. The molecule has 1 aliphatic heterocycles. The predicted molar refractivity (Wildman–Crippen MR) is 103 cm³/mol. The molecule has 0 spiro atoms. The predicted octanol–water partition coefficient (Wildman–Crippen LogP) is 4.87. The average molecular weight is 361 g/mol. The molecule has 0 N–H and O–H groups in total. The SMILES string of the molecule is N#Cc1ccc(-c2cncc3c2SCCN3Cc2cccc(F)c2)cc1. The van der Waals surface area contributed by atoms with Gasteiger partial charge in [-0.1, -0.05) is 24.3 Å². The van der Waals surface area contributed by atoms with E-state index in [1.54, 1.807) is 12.1 Å². The van der Waals surface area contributed by atoms with Crippen LogP contribution in [0.25, 0.3) is 11.1 Å². The molecule has 4 rings (SSSR count). The van der Waals surface area contributed by atoms with Crippen molar-refractivity contribution in [2.45, 2.75) is 11.4 Å². The van der Waals surface area contributed by atoms with Crippen LogP contribution in [0.3, 0.4) is 0 Å². The van der Waals surface area contributed by atoms with Gasteiger partial charge in [-0.15, -0.1) is 11.8 Å². The number of fused-ring (bicyclic) bond motifs is 1. The Bertz CT molecular complexity index is 979. The number of rotatable bonds is 3. The van der Waals surface area contributed by atoms with E-state index < -0.39 is 0 Å². The van der Waals surface area contributed by atoms with E-state index in [0.29, 0.717) is 12.1 Å². The van der Waals surface area contributed by atoms with Crippen molar-refractivity contribution >= 4 is 17.4 Å². The maximum absolute atomic E-state index is 13.5. The molecule has 1 aromatic heterocycles. The molecule has 0 amide bonds. The lowest BCUT2D eigenvalue weighted by Crippen LogP contribution is -2.29. The van der Waals surface area contributed by atoms with Crippen LogP contribution in [-0.4, -0.2) is 17.3 Å². The summed E-state index contributed by atoms with van der Waals surface area (Å²) in [6.45, 7) is 1.55. The highest BCUT2D eigenvalue weighted by molar-refractivity contribution is 7.99. The van der Waals surface area contributed by atoms with Crippen molar-refractivity contribution in [3.63, 3.8) is 0 Å². The second kappa shape index (κ2) is 7.19. The van der Waals surface area contributed by atoms with Crippen LogP contribution in [0, 0.1) is 17.1 Å². The van der Waals surface area contributed by atoms with Crippen LogP contribution in [0.5, 0.6) is 0 Å². The van der Waals surface area contributed by atoms with Gasteiger partial charge in [0.15, 0.2) is 0 Å². The summed E-state index contributed by atoms with van der Waals surface area (Å²) in [6, 6.07) is 16.5. The lowest BCUT2D eigenvalue weighted by molar-refractivity contribution is 0.624. The molecular formula is C21H16FN3S. The topological polar surface area (TPSA) is 39.9 Å². The zero-order valence-electron chi connectivity index (χ0n) is 14.0. The number of halogens is 1. The van der Waals surface area contributed by atoms with E-state index >= 15 is 0 Å². The molecule has 0 bridgehead atoms. The second-order valence-electron chi connectivity index (χ2n) is 6.12. The summed E-state index contributed by atoms with van der Waals surface area (Å²) in [4.78, 5) is 7.87. The van der Waals surface area contributed by atoms with Crippen LogP contribution in [0.2, 0.25) is 0 Å². The minimum Gasteiger partial charge on any atom is -0.364 e. The largest absolute Gasteiger partial charge is 0.364 e. The summed E-state index contributed by atoms with van der Waals surface area (Å²) >= 11 is 1.82. The maximum atomic E-state index is 13.5. The van der Waals surface area contributed by atoms with Gasteiger partial charge in [0.25, 0.3) is 0 Å². The summed E-state index contributed by atoms with van der Waals surface area (Å²) in [5, 5.41) is 8.99. The molecule has 0 saturated heterocycles. The van der Waals surface area contributed by atoms with Crippen molar-refractivity contribution in [1.29, 1.82) is 5.26 Å². The lowest BCUT2D eigenvalue weighted by Gasteiger charge is -2.31. The summed E-state index contributed by atoms with van der Waals surface area (Å²) in [5.74, 6) is 0.758. The molecule has 3 nitrogen and oxygen atoms in total. The van der Waals surface area contributed by atoms with Gasteiger partial charge in [-0.25, -0.2) is 4.39 Å². The van der Waals surface area contributed by atoms with Crippen molar-refractivity contribution in [1.82, 2.24) is 4.98 Å². The van der Waals surface area contributed by atoms with Gasteiger partial charge in [0.2, 0.25) is 0 Å². The number of nitriles is 1. The van der Waals surface area contributed by atoms with Gasteiger partial charge >= 0.3 is 0 Å². The quantitative estimate of drug-likeness (QED) is 0.667. The van der Waals surface area contributed by atoms with Gasteiger partial charge in [0.05, 0.1) is 23.5 Å². The van der Waals surface area contributed by atoms with Crippen LogP contribution in [0.1, 0.15) is 11.1 Å². The van der Waals surface area contributed by atoms with Crippen LogP contribution in [0.15, 0.2) is 65.8 Å². The molecule has 3 aromatic rings. The minimum absolute atomic E-state index is 0.210. The third-order valence-electron chi connectivity index (χ3n) is 4.41. The van der Waals surface area contributed by atoms with E-state index in [1.807, 2.05) is 54.5 Å². The number of anilines is 1. The van der Waals surface area contributed by atoms with Crippen LogP contribution >= 0.6 is 11.8 Å². The van der Waals surface area contributed by atoms with Gasteiger partial charge in [-0.2, -0.15) is 5.26 Å². The van der Waals surface area contributed by atoms with Gasteiger partial charge in [0.1, 0.15) is 5.82 Å². The molecule has 2 aromatic carbocycles. The average Bonchev–Trinajstić information content (AvgIpc) is 2.68. The fraction of sp³-hybridized carbons (Fsp3) is 0.143. The van der Waals surface area contributed by atoms with Crippen molar-refractivity contribution < 1.29 is 4.39 Å². The number of hydrogen-bond acceptors (Lipinski definition) is 4. The van der Waals surface area contributed by atoms with E-state index in [-0.39, 0.29) is 5.82 Å². The highest BCUT2D eigenvalue weighted by Crippen LogP contribution is 2.41. The summed E-state index contributed by atoms with van der Waals surface area (Å²) in [6.07, 6.45) is 3.76. The Hall–Kier alpha value is -2.84. The summed E-state index contributed by atoms with van der Waals surface area (Å²) in [5.41, 5.74) is 4.79. The molecule has 0 radical (unpaired) electrons. The van der Waals surface area contributed by atoms with Gasteiger partial charge in [-0.3, -0.25) is 4.98 Å². The first kappa shape index (κ1) is 16.6. The molecule has 0 saturated carbocycles. The van der Waals surface area contributed by atoms with E-state index in [9.17, 15) is 4.39 Å². The van der Waals surface area contributed by atoms with Crippen molar-refractivity contribution in [3.05, 3.63) is 77.9 Å². The Morgan fingerprint density at radius 2 is 2.00 bits per heavy atom. The van der Waals surface area contributed by atoms with Crippen LogP contribution in [-0.2, 0) is 6.54 Å². The number of pyridine rings is 1. The fourth-order valence-corrected chi connectivity index (χ4v) is 4.31. The fourth-order valence-electron chi connectivity index (χ4n) is 3.14. The maximum Gasteiger partial charge on any atom is 0.123 e. The van der Waals surface area contributed by atoms with E-state index in [0.717, 1.165) is 34.7 Å². The van der Waals surface area contributed by atoms with Crippen molar-refractivity contribution in [2.75, 3.05) is 17.2 Å². The van der Waals surface area contributed by atoms with Gasteiger partial charge in [0, 0.05) is 35.5 Å². The van der Waals surface area contributed by atoms with E-state index in [4.69, 9.17) is 5.26 Å². The number of nitrogens with zero attached hydrogens (tertiary/aromatic N) is 3. The summed E-state index contributed by atoms with van der Waals surface area (Å²) in [7, 11) is 0. The Balaban J connectivity index is 1.69. The number of benzene rings is 2. The Morgan fingerprint density at radius 1 is 1.15 bits per heavy atom. The van der Waals surface area contributed by atoms with Crippen LogP contribution < -0.4 is 4.90 Å². The molecule has 26 heavy (non-hydrogen) atoms. The number of aromatic nitrogens is 1. The first-order valence-electron chi connectivity index (χ1n) is 8.35. The molecule has 128 valence electrons. The molecule has 1 aliphatic rings.